The van der Waals surface area contributed by atoms with E-state index in [0.29, 0.717) is 24.8 Å². The summed E-state index contributed by atoms with van der Waals surface area (Å²) in [6.45, 7) is 8.53. The Morgan fingerprint density at radius 2 is 1.88 bits per heavy atom. The highest BCUT2D eigenvalue weighted by atomic mass is 35.5. The molecule has 5 heteroatoms. The van der Waals surface area contributed by atoms with Crippen LogP contribution in [0.2, 0.25) is 0 Å². The lowest BCUT2D eigenvalue weighted by Gasteiger charge is -2.23. The fourth-order valence-corrected chi connectivity index (χ4v) is 3.16. The molecule has 3 nitrogen and oxygen atoms in total. The van der Waals surface area contributed by atoms with Gasteiger partial charge in [-0.1, -0.05) is 27.7 Å². The molecule has 1 N–H and O–H groups in total. The van der Waals surface area contributed by atoms with Crippen molar-refractivity contribution in [2.45, 2.75) is 40.5 Å². The highest BCUT2D eigenvalue weighted by Crippen LogP contribution is 2.19. The summed E-state index contributed by atoms with van der Waals surface area (Å²) in [5.74, 6) is 1.18. The molecule has 0 aromatic heterocycles. The average molecular weight is 270 g/mol. The number of hydrogen-bond acceptors (Lipinski definition) is 2. The molecule has 16 heavy (non-hydrogen) atoms. The van der Waals surface area contributed by atoms with E-state index in [1.807, 2.05) is 27.7 Å². The summed E-state index contributed by atoms with van der Waals surface area (Å²) in [4.78, 5) is 0. The fraction of sp³-hybridized carbons (Fsp3) is 1.00. The maximum absolute atomic E-state index is 11.6. The number of halogens is 1. The highest BCUT2D eigenvalue weighted by molar-refractivity contribution is 7.89. The lowest BCUT2D eigenvalue weighted by molar-refractivity contribution is 0.352. The third-order valence-corrected chi connectivity index (χ3v) is 4.05. The second-order valence-electron chi connectivity index (χ2n) is 5.43. The first-order chi connectivity index (χ1) is 7.18. The van der Waals surface area contributed by atoms with Crippen LogP contribution in [0, 0.1) is 11.3 Å². The molecule has 0 aromatic carbocycles. The minimum atomic E-state index is -3.12. The van der Waals surface area contributed by atoms with E-state index in [2.05, 4.69) is 4.72 Å². The Morgan fingerprint density at radius 3 is 2.31 bits per heavy atom. The predicted molar refractivity (Wildman–Crippen MR) is 70.4 cm³/mol. The molecular formula is C11H24ClNO2S. The van der Waals surface area contributed by atoms with Crippen molar-refractivity contribution in [3.8, 4) is 0 Å². The molecule has 0 unspecified atom stereocenters. The molecular weight excluding hydrogens is 246 g/mol. The Hall–Kier alpha value is 0.200. The first-order valence-corrected chi connectivity index (χ1v) is 7.90. The van der Waals surface area contributed by atoms with Gasteiger partial charge in [-0.25, -0.2) is 13.1 Å². The number of hydrogen-bond donors (Lipinski definition) is 1. The second-order valence-corrected chi connectivity index (χ2v) is 7.73. The quantitative estimate of drug-likeness (QED) is 0.689. The first-order valence-electron chi connectivity index (χ1n) is 5.72. The maximum atomic E-state index is 11.6. The number of alkyl halides is 1. The minimum Gasteiger partial charge on any atom is -0.215 e. The van der Waals surface area contributed by atoms with Gasteiger partial charge in [0.05, 0.1) is 5.75 Å². The van der Waals surface area contributed by atoms with Crippen LogP contribution >= 0.6 is 11.6 Å². The third-order valence-electron chi connectivity index (χ3n) is 2.51. The van der Waals surface area contributed by atoms with E-state index < -0.39 is 10.0 Å². The smallest absolute Gasteiger partial charge is 0.211 e. The standard InChI is InChI=1S/C11H24ClNO2S/c1-10(2)5-8-16(14,15)13-9-11(3,4)6-7-12/h10,13H,5-9H2,1-4H3. The molecule has 0 aliphatic heterocycles. The van der Waals surface area contributed by atoms with Gasteiger partial charge in [0.1, 0.15) is 0 Å². The van der Waals surface area contributed by atoms with Crippen molar-refractivity contribution in [2.24, 2.45) is 11.3 Å². The van der Waals surface area contributed by atoms with Crippen LogP contribution in [0.25, 0.3) is 0 Å². The molecule has 0 fully saturated rings. The average Bonchev–Trinajstić information content (AvgIpc) is 2.13. The van der Waals surface area contributed by atoms with Crippen LogP contribution in [0.1, 0.15) is 40.5 Å². The monoisotopic (exact) mass is 269 g/mol. The van der Waals surface area contributed by atoms with Crippen LogP contribution in [-0.2, 0) is 10.0 Å². The molecule has 0 rings (SSSR count). The van der Waals surface area contributed by atoms with Gasteiger partial charge in [-0.3, -0.25) is 0 Å². The van der Waals surface area contributed by atoms with Gasteiger partial charge in [-0.2, -0.15) is 0 Å². The Morgan fingerprint density at radius 1 is 1.31 bits per heavy atom. The van der Waals surface area contributed by atoms with Crippen molar-refractivity contribution in [2.75, 3.05) is 18.2 Å². The molecule has 0 atom stereocenters. The Kier molecular flexibility index (Phi) is 6.90. The summed E-state index contributed by atoms with van der Waals surface area (Å²) >= 11 is 5.66. The molecule has 0 saturated heterocycles. The van der Waals surface area contributed by atoms with Gasteiger partial charge in [0, 0.05) is 12.4 Å². The lowest BCUT2D eigenvalue weighted by atomic mass is 9.91. The summed E-state index contributed by atoms with van der Waals surface area (Å²) in [5, 5.41) is 0. The zero-order valence-electron chi connectivity index (χ0n) is 10.7. The SMILES string of the molecule is CC(C)CCS(=O)(=O)NCC(C)(C)CCCl. The van der Waals surface area contributed by atoms with E-state index >= 15 is 0 Å². The molecule has 98 valence electrons. The highest BCUT2D eigenvalue weighted by Gasteiger charge is 2.20. The number of sulfonamides is 1. The summed E-state index contributed by atoms with van der Waals surface area (Å²) in [6.07, 6.45) is 1.51. The zero-order valence-corrected chi connectivity index (χ0v) is 12.3. The molecule has 0 bridgehead atoms. The van der Waals surface area contributed by atoms with E-state index in [4.69, 9.17) is 11.6 Å². The van der Waals surface area contributed by atoms with Gasteiger partial charge < -0.3 is 0 Å². The summed E-state index contributed by atoms with van der Waals surface area (Å²) in [6, 6.07) is 0. The van der Waals surface area contributed by atoms with Crippen LogP contribution in [0.4, 0.5) is 0 Å². The van der Waals surface area contributed by atoms with Crippen LogP contribution in [0.15, 0.2) is 0 Å². The van der Waals surface area contributed by atoms with Gasteiger partial charge in [0.25, 0.3) is 0 Å². The topological polar surface area (TPSA) is 46.2 Å². The lowest BCUT2D eigenvalue weighted by Crippen LogP contribution is -2.35. The number of rotatable bonds is 8. The van der Waals surface area contributed by atoms with Gasteiger partial charge in [-0.15, -0.1) is 11.6 Å². The van der Waals surface area contributed by atoms with Crippen molar-refractivity contribution in [3.63, 3.8) is 0 Å². The van der Waals surface area contributed by atoms with Crippen molar-refractivity contribution in [1.29, 1.82) is 0 Å². The Balaban J connectivity index is 4.08. The van der Waals surface area contributed by atoms with Gasteiger partial charge in [0.2, 0.25) is 10.0 Å². The molecule has 0 aliphatic rings. The third kappa shape index (κ3) is 8.36. The normalized spacial score (nSPS) is 13.4. The predicted octanol–water partition coefficient (Wildman–Crippen LogP) is 2.61. The summed E-state index contributed by atoms with van der Waals surface area (Å²) < 4.78 is 25.9. The van der Waals surface area contributed by atoms with E-state index in [9.17, 15) is 8.42 Å². The summed E-state index contributed by atoms with van der Waals surface area (Å²) in [5.41, 5.74) is -0.0767. The van der Waals surface area contributed by atoms with Crippen molar-refractivity contribution in [1.82, 2.24) is 4.72 Å². The Bertz CT molecular complexity index is 286. The van der Waals surface area contributed by atoms with E-state index in [-0.39, 0.29) is 11.2 Å². The maximum Gasteiger partial charge on any atom is 0.211 e. The van der Waals surface area contributed by atoms with Crippen molar-refractivity contribution in [3.05, 3.63) is 0 Å². The minimum absolute atomic E-state index is 0.0767. The van der Waals surface area contributed by atoms with Crippen molar-refractivity contribution >= 4 is 21.6 Å². The molecule has 0 saturated carbocycles. The van der Waals surface area contributed by atoms with Crippen LogP contribution < -0.4 is 4.72 Å². The molecule has 0 aliphatic carbocycles. The van der Waals surface area contributed by atoms with Gasteiger partial charge in [0.15, 0.2) is 0 Å². The van der Waals surface area contributed by atoms with E-state index in [1.165, 1.54) is 0 Å². The summed E-state index contributed by atoms with van der Waals surface area (Å²) in [7, 11) is -3.12. The van der Waals surface area contributed by atoms with Crippen LogP contribution in [0.3, 0.4) is 0 Å². The second kappa shape index (κ2) is 6.82. The largest absolute Gasteiger partial charge is 0.215 e. The van der Waals surface area contributed by atoms with Crippen LogP contribution in [0.5, 0.6) is 0 Å². The van der Waals surface area contributed by atoms with Crippen LogP contribution in [-0.4, -0.2) is 26.6 Å². The fourth-order valence-electron chi connectivity index (χ4n) is 1.11. The molecule has 0 aromatic rings. The van der Waals surface area contributed by atoms with Crippen molar-refractivity contribution < 1.29 is 8.42 Å². The van der Waals surface area contributed by atoms with E-state index in [0.717, 1.165) is 6.42 Å². The molecule has 0 radical (unpaired) electrons. The van der Waals surface area contributed by atoms with Gasteiger partial charge >= 0.3 is 0 Å². The van der Waals surface area contributed by atoms with Gasteiger partial charge in [-0.05, 0) is 24.2 Å². The molecule has 0 spiro atoms. The molecule has 0 heterocycles. The van der Waals surface area contributed by atoms with E-state index in [1.54, 1.807) is 0 Å². The zero-order chi connectivity index (χ0) is 12.8. The Labute approximate surface area is 105 Å². The number of nitrogens with one attached hydrogen (secondary N) is 1. The first kappa shape index (κ1) is 16.2. The molecule has 0 amide bonds.